The molecule has 1 saturated heterocycles. The van der Waals surface area contributed by atoms with Crippen molar-refractivity contribution < 1.29 is 9.53 Å². The highest BCUT2D eigenvalue weighted by molar-refractivity contribution is 7.13. The maximum absolute atomic E-state index is 11.8. The molecule has 0 aliphatic carbocycles. The molecule has 1 aliphatic rings. The number of anilines is 1. The van der Waals surface area contributed by atoms with E-state index in [0.29, 0.717) is 11.7 Å². The van der Waals surface area contributed by atoms with Gasteiger partial charge in [0.25, 0.3) is 0 Å². The number of ether oxygens (including phenoxy) is 1. The van der Waals surface area contributed by atoms with Crippen LogP contribution in [0.1, 0.15) is 26.5 Å². The normalized spacial score (nSPS) is 22.6. The average Bonchev–Trinajstić information content (AvgIpc) is 2.83. The van der Waals surface area contributed by atoms with Crippen molar-refractivity contribution in [3.05, 3.63) is 11.1 Å². The van der Waals surface area contributed by atoms with E-state index in [2.05, 4.69) is 29.0 Å². The minimum absolute atomic E-state index is 0. The van der Waals surface area contributed by atoms with E-state index >= 15 is 0 Å². The lowest BCUT2D eigenvalue weighted by Crippen LogP contribution is -2.44. The third kappa shape index (κ3) is 6.91. The van der Waals surface area contributed by atoms with Crippen molar-refractivity contribution in [2.24, 2.45) is 11.7 Å². The molecule has 0 bridgehead atoms. The first-order valence-corrected chi connectivity index (χ1v) is 8.19. The number of hydrogen-bond donors (Lipinski definition) is 2. The number of morpholine rings is 1. The molecule has 0 radical (unpaired) electrons. The molecule has 2 heterocycles. The smallest absolute Gasteiger partial charge is 0.230 e. The fourth-order valence-electron chi connectivity index (χ4n) is 2.42. The third-order valence-electron chi connectivity index (χ3n) is 3.46. The van der Waals surface area contributed by atoms with Crippen molar-refractivity contribution in [3.8, 4) is 0 Å². The maximum Gasteiger partial charge on any atom is 0.230 e. The van der Waals surface area contributed by atoms with Gasteiger partial charge >= 0.3 is 0 Å². The van der Waals surface area contributed by atoms with Gasteiger partial charge in [0.15, 0.2) is 5.13 Å². The summed E-state index contributed by atoms with van der Waals surface area (Å²) in [6.45, 7) is 8.93. The van der Waals surface area contributed by atoms with E-state index in [1.165, 1.54) is 11.3 Å². The van der Waals surface area contributed by atoms with E-state index in [1.54, 1.807) is 6.92 Å². The monoisotopic (exact) mass is 384 g/mol. The molecular weight excluding hydrogens is 359 g/mol. The lowest BCUT2D eigenvalue weighted by molar-refractivity contribution is -0.119. The van der Waals surface area contributed by atoms with Gasteiger partial charge in [0.05, 0.1) is 17.9 Å². The highest BCUT2D eigenvalue weighted by atomic mass is 35.5. The largest absolute Gasteiger partial charge is 0.373 e. The standard InChI is InChI=1S/C14H24N4O2S.2ClH/c1-9(4-15)13(19)17-14-16-12(8-21-14)7-18-5-10(2)20-11(3)6-18;;/h8-11H,4-7,15H2,1-3H3,(H,16,17,19);2*1H. The van der Waals surface area contributed by atoms with Crippen LogP contribution in [0.25, 0.3) is 0 Å². The van der Waals surface area contributed by atoms with Crippen LogP contribution >= 0.6 is 36.2 Å². The summed E-state index contributed by atoms with van der Waals surface area (Å²) < 4.78 is 5.72. The number of carbonyl (C=O) groups excluding carboxylic acids is 1. The topological polar surface area (TPSA) is 80.5 Å². The Hall–Kier alpha value is -0.440. The van der Waals surface area contributed by atoms with Gasteiger partial charge in [0.2, 0.25) is 5.91 Å². The number of nitrogens with one attached hydrogen (secondary N) is 1. The zero-order chi connectivity index (χ0) is 15.4. The summed E-state index contributed by atoms with van der Waals surface area (Å²) in [6.07, 6.45) is 0.494. The molecular formula is C14H26Cl2N4O2S. The summed E-state index contributed by atoms with van der Waals surface area (Å²) in [5.41, 5.74) is 6.47. The Morgan fingerprint density at radius 3 is 2.65 bits per heavy atom. The molecule has 1 fully saturated rings. The van der Waals surface area contributed by atoms with Gasteiger partial charge in [0, 0.05) is 37.5 Å². The molecule has 1 aliphatic heterocycles. The van der Waals surface area contributed by atoms with E-state index < -0.39 is 0 Å². The maximum atomic E-state index is 11.8. The first kappa shape index (κ1) is 22.6. The fraction of sp³-hybridized carbons (Fsp3) is 0.714. The van der Waals surface area contributed by atoms with Crippen LogP contribution in [0, 0.1) is 5.92 Å². The van der Waals surface area contributed by atoms with Crippen LogP contribution in [0.4, 0.5) is 5.13 Å². The fourth-order valence-corrected chi connectivity index (χ4v) is 3.12. The number of rotatable bonds is 5. The second-order valence-electron chi connectivity index (χ2n) is 5.72. The predicted molar refractivity (Wildman–Crippen MR) is 98.7 cm³/mol. The van der Waals surface area contributed by atoms with Gasteiger partial charge in [-0.05, 0) is 13.8 Å². The Bertz CT molecular complexity index is 479. The molecule has 0 spiro atoms. The molecule has 9 heteroatoms. The number of halogens is 2. The van der Waals surface area contributed by atoms with Crippen molar-refractivity contribution >= 4 is 47.2 Å². The first-order chi connectivity index (χ1) is 9.97. The Morgan fingerprint density at radius 2 is 2.09 bits per heavy atom. The molecule has 1 aromatic heterocycles. The summed E-state index contributed by atoms with van der Waals surface area (Å²) in [5, 5.41) is 5.45. The van der Waals surface area contributed by atoms with Gasteiger partial charge in [-0.15, -0.1) is 36.2 Å². The van der Waals surface area contributed by atoms with E-state index in [0.717, 1.165) is 25.3 Å². The Balaban J connectivity index is 0.00000242. The van der Waals surface area contributed by atoms with Gasteiger partial charge in [-0.3, -0.25) is 9.69 Å². The quantitative estimate of drug-likeness (QED) is 0.812. The molecule has 23 heavy (non-hydrogen) atoms. The van der Waals surface area contributed by atoms with Gasteiger partial charge in [0.1, 0.15) is 0 Å². The summed E-state index contributed by atoms with van der Waals surface area (Å²) in [4.78, 5) is 18.6. The number of thiazole rings is 1. The van der Waals surface area contributed by atoms with Crippen molar-refractivity contribution in [2.45, 2.75) is 39.5 Å². The molecule has 0 saturated carbocycles. The van der Waals surface area contributed by atoms with Gasteiger partial charge < -0.3 is 15.8 Å². The van der Waals surface area contributed by atoms with Gasteiger partial charge in [-0.25, -0.2) is 4.98 Å². The minimum atomic E-state index is -0.196. The number of amides is 1. The van der Waals surface area contributed by atoms with Crippen LogP contribution in [0.5, 0.6) is 0 Å². The highest BCUT2D eigenvalue weighted by Crippen LogP contribution is 2.19. The molecule has 3 unspecified atom stereocenters. The average molecular weight is 385 g/mol. The predicted octanol–water partition coefficient (Wildman–Crippen LogP) is 2.13. The van der Waals surface area contributed by atoms with Crippen LogP contribution in [-0.2, 0) is 16.1 Å². The van der Waals surface area contributed by atoms with E-state index in [9.17, 15) is 4.79 Å². The Morgan fingerprint density at radius 1 is 1.48 bits per heavy atom. The molecule has 0 aromatic carbocycles. The number of aromatic nitrogens is 1. The third-order valence-corrected chi connectivity index (χ3v) is 4.27. The van der Waals surface area contributed by atoms with Gasteiger partial charge in [-0.2, -0.15) is 0 Å². The number of carbonyl (C=O) groups is 1. The second kappa shape index (κ2) is 10.4. The Kier molecular flexibility index (Phi) is 10.2. The second-order valence-corrected chi connectivity index (χ2v) is 6.58. The summed E-state index contributed by atoms with van der Waals surface area (Å²) in [6, 6.07) is 0. The van der Waals surface area contributed by atoms with E-state index in [4.69, 9.17) is 10.5 Å². The number of hydrogen-bond acceptors (Lipinski definition) is 6. The summed E-state index contributed by atoms with van der Waals surface area (Å²) in [7, 11) is 0. The molecule has 3 N–H and O–H groups in total. The molecule has 6 nitrogen and oxygen atoms in total. The minimum Gasteiger partial charge on any atom is -0.373 e. The lowest BCUT2D eigenvalue weighted by Gasteiger charge is -2.34. The van der Waals surface area contributed by atoms with Crippen molar-refractivity contribution in [2.75, 3.05) is 25.0 Å². The zero-order valence-electron chi connectivity index (χ0n) is 13.7. The highest BCUT2D eigenvalue weighted by Gasteiger charge is 2.23. The van der Waals surface area contributed by atoms with Gasteiger partial charge in [-0.1, -0.05) is 6.92 Å². The molecule has 134 valence electrons. The summed E-state index contributed by atoms with van der Waals surface area (Å²) in [5.74, 6) is -0.273. The van der Waals surface area contributed by atoms with Crippen molar-refractivity contribution in [1.29, 1.82) is 0 Å². The van der Waals surface area contributed by atoms with Crippen LogP contribution in [0.2, 0.25) is 0 Å². The lowest BCUT2D eigenvalue weighted by atomic mass is 10.2. The molecule has 2 rings (SSSR count). The first-order valence-electron chi connectivity index (χ1n) is 7.31. The van der Waals surface area contributed by atoms with Crippen LogP contribution in [-0.4, -0.2) is 47.6 Å². The Labute approximate surface area is 154 Å². The van der Waals surface area contributed by atoms with E-state index in [1.807, 2.05) is 5.38 Å². The summed E-state index contributed by atoms with van der Waals surface area (Å²) >= 11 is 1.45. The van der Waals surface area contributed by atoms with Crippen molar-refractivity contribution in [3.63, 3.8) is 0 Å². The SMILES string of the molecule is CC1CN(Cc2csc(NC(=O)C(C)CN)n2)CC(C)O1.Cl.Cl. The molecule has 1 aromatic rings. The molecule has 1 amide bonds. The molecule has 3 atom stereocenters. The number of nitrogens with two attached hydrogens (primary N) is 1. The van der Waals surface area contributed by atoms with Crippen molar-refractivity contribution in [1.82, 2.24) is 9.88 Å². The van der Waals surface area contributed by atoms with Crippen LogP contribution < -0.4 is 11.1 Å². The zero-order valence-corrected chi connectivity index (χ0v) is 16.1. The van der Waals surface area contributed by atoms with Crippen LogP contribution in [0.15, 0.2) is 5.38 Å². The van der Waals surface area contributed by atoms with Crippen LogP contribution in [0.3, 0.4) is 0 Å². The number of nitrogens with zero attached hydrogens (tertiary/aromatic N) is 2. The van der Waals surface area contributed by atoms with E-state index in [-0.39, 0.29) is 48.8 Å².